The minimum Gasteiger partial charge on any atom is -0.295 e. The van der Waals surface area contributed by atoms with Gasteiger partial charge in [0.2, 0.25) is 0 Å². The summed E-state index contributed by atoms with van der Waals surface area (Å²) in [6.45, 7) is 7.46. The lowest BCUT2D eigenvalue weighted by Crippen LogP contribution is -2.50. The number of carbonyl (C=O) groups excluding carboxylic acids is 1. The van der Waals surface area contributed by atoms with Crippen molar-refractivity contribution in [3.8, 4) is 0 Å². The first-order chi connectivity index (χ1) is 8.43. The molecule has 3 atom stereocenters. The second kappa shape index (κ2) is 3.95. The molecule has 0 aliphatic heterocycles. The fourth-order valence-corrected chi connectivity index (χ4v) is 5.47. The van der Waals surface area contributed by atoms with E-state index in [1.165, 1.54) is 37.7 Å². The minimum absolute atomic E-state index is 0.373. The van der Waals surface area contributed by atoms with E-state index in [1.54, 1.807) is 0 Å². The maximum atomic E-state index is 11.6. The maximum Gasteiger partial charge on any atom is 0.155 e. The van der Waals surface area contributed by atoms with Gasteiger partial charge in [-0.3, -0.25) is 4.79 Å². The van der Waals surface area contributed by atoms with Crippen molar-refractivity contribution in [2.75, 3.05) is 0 Å². The molecule has 3 aliphatic carbocycles. The van der Waals surface area contributed by atoms with Crippen LogP contribution in [0.2, 0.25) is 0 Å². The molecule has 0 unspecified atom stereocenters. The van der Waals surface area contributed by atoms with Crippen molar-refractivity contribution in [1.82, 2.24) is 0 Å². The van der Waals surface area contributed by atoms with Crippen molar-refractivity contribution in [2.45, 2.75) is 65.7 Å². The molecule has 3 aliphatic rings. The number of ketones is 1. The van der Waals surface area contributed by atoms with E-state index in [-0.39, 0.29) is 0 Å². The van der Waals surface area contributed by atoms with Crippen molar-refractivity contribution in [3.05, 3.63) is 11.6 Å². The molecule has 0 radical (unpaired) electrons. The lowest BCUT2D eigenvalue weighted by Gasteiger charge is -2.58. The molecule has 2 saturated carbocycles. The molecular formula is C17H26O. The van der Waals surface area contributed by atoms with Crippen LogP contribution in [0.4, 0.5) is 0 Å². The quantitative estimate of drug-likeness (QED) is 0.614. The third-order valence-electron chi connectivity index (χ3n) is 6.27. The molecule has 1 heteroatoms. The molecule has 0 bridgehead atoms. The average molecular weight is 246 g/mol. The third-order valence-corrected chi connectivity index (χ3v) is 6.27. The molecule has 0 amide bonds. The number of hydrogen-bond acceptors (Lipinski definition) is 1. The van der Waals surface area contributed by atoms with Gasteiger partial charge in [0.1, 0.15) is 0 Å². The molecule has 18 heavy (non-hydrogen) atoms. The van der Waals surface area contributed by atoms with Gasteiger partial charge in [-0.1, -0.05) is 32.8 Å². The van der Waals surface area contributed by atoms with E-state index in [4.69, 9.17) is 0 Å². The molecule has 1 nitrogen and oxygen atoms in total. The molecule has 2 fully saturated rings. The van der Waals surface area contributed by atoms with Crippen LogP contribution in [0.1, 0.15) is 65.7 Å². The summed E-state index contributed by atoms with van der Waals surface area (Å²) in [6.07, 6.45) is 10.5. The summed E-state index contributed by atoms with van der Waals surface area (Å²) >= 11 is 0. The summed E-state index contributed by atoms with van der Waals surface area (Å²) in [5.41, 5.74) is 2.45. The average Bonchev–Trinajstić information content (AvgIpc) is 2.27. The largest absolute Gasteiger partial charge is 0.295 e. The van der Waals surface area contributed by atoms with Gasteiger partial charge in [-0.2, -0.15) is 0 Å². The van der Waals surface area contributed by atoms with Crippen LogP contribution in [0.5, 0.6) is 0 Å². The van der Waals surface area contributed by atoms with Gasteiger partial charge in [0, 0.05) is 6.42 Å². The van der Waals surface area contributed by atoms with E-state index in [1.807, 2.05) is 6.08 Å². The lowest BCUT2D eigenvalue weighted by atomic mass is 9.46. The van der Waals surface area contributed by atoms with Gasteiger partial charge in [0.25, 0.3) is 0 Å². The van der Waals surface area contributed by atoms with Crippen LogP contribution in [0.15, 0.2) is 11.6 Å². The summed E-state index contributed by atoms with van der Waals surface area (Å²) in [6, 6.07) is 0. The van der Waals surface area contributed by atoms with Crippen LogP contribution in [-0.2, 0) is 4.79 Å². The molecule has 0 aromatic carbocycles. The first-order valence-corrected chi connectivity index (χ1v) is 7.67. The van der Waals surface area contributed by atoms with Gasteiger partial charge in [0.05, 0.1) is 0 Å². The Hall–Kier alpha value is -0.590. The Labute approximate surface area is 111 Å². The van der Waals surface area contributed by atoms with Crippen molar-refractivity contribution < 1.29 is 4.79 Å². The summed E-state index contributed by atoms with van der Waals surface area (Å²) in [4.78, 5) is 11.6. The van der Waals surface area contributed by atoms with Crippen LogP contribution in [0.25, 0.3) is 0 Å². The topological polar surface area (TPSA) is 17.1 Å². The minimum atomic E-state index is 0.373. The maximum absolute atomic E-state index is 11.6. The van der Waals surface area contributed by atoms with Gasteiger partial charge in [-0.15, -0.1) is 0 Å². The lowest BCUT2D eigenvalue weighted by molar-refractivity contribution is -0.117. The number of hydrogen-bond donors (Lipinski definition) is 0. The number of carbonyl (C=O) groups is 1. The fraction of sp³-hybridized carbons (Fsp3) is 0.824. The van der Waals surface area contributed by atoms with Crippen molar-refractivity contribution in [3.63, 3.8) is 0 Å². The van der Waals surface area contributed by atoms with Crippen LogP contribution < -0.4 is 0 Å². The molecule has 0 heterocycles. The van der Waals surface area contributed by atoms with Gasteiger partial charge in [-0.25, -0.2) is 0 Å². The first-order valence-electron chi connectivity index (χ1n) is 7.67. The number of rotatable bonds is 0. The molecular weight excluding hydrogens is 220 g/mol. The first kappa shape index (κ1) is 12.4. The van der Waals surface area contributed by atoms with Crippen molar-refractivity contribution >= 4 is 5.78 Å². The molecule has 0 aromatic rings. The van der Waals surface area contributed by atoms with Crippen LogP contribution >= 0.6 is 0 Å². The summed E-state index contributed by atoms with van der Waals surface area (Å²) < 4.78 is 0. The summed E-state index contributed by atoms with van der Waals surface area (Å²) in [7, 11) is 0. The van der Waals surface area contributed by atoms with E-state index < -0.39 is 0 Å². The zero-order chi connectivity index (χ0) is 13.0. The molecule has 3 rings (SSSR count). The third kappa shape index (κ3) is 1.70. The van der Waals surface area contributed by atoms with Gasteiger partial charge < -0.3 is 0 Å². The smallest absolute Gasteiger partial charge is 0.155 e. The van der Waals surface area contributed by atoms with Gasteiger partial charge >= 0.3 is 0 Å². The predicted molar refractivity (Wildman–Crippen MR) is 74.3 cm³/mol. The Bertz CT molecular complexity index is 404. The second-order valence-corrected chi connectivity index (χ2v) is 7.72. The zero-order valence-corrected chi connectivity index (χ0v) is 12.1. The van der Waals surface area contributed by atoms with Gasteiger partial charge in [0.15, 0.2) is 5.78 Å². The van der Waals surface area contributed by atoms with E-state index in [0.717, 1.165) is 18.8 Å². The SMILES string of the molecule is CC1(C)CCC[C@]2(C)[C@H]3CCC(=O)C=C3CC[C@@H]12. The summed E-state index contributed by atoms with van der Waals surface area (Å²) in [5, 5.41) is 0. The molecule has 0 saturated heterocycles. The number of allylic oxidation sites excluding steroid dienone is 2. The van der Waals surface area contributed by atoms with Crippen LogP contribution in [-0.4, -0.2) is 5.78 Å². The molecule has 0 aromatic heterocycles. The summed E-state index contributed by atoms with van der Waals surface area (Å²) in [5.74, 6) is 1.93. The molecule has 0 spiro atoms. The Morgan fingerprint density at radius 1 is 1.11 bits per heavy atom. The highest BCUT2D eigenvalue weighted by Crippen LogP contribution is 2.62. The highest BCUT2D eigenvalue weighted by molar-refractivity contribution is 5.91. The fourth-order valence-electron chi connectivity index (χ4n) is 5.47. The van der Waals surface area contributed by atoms with E-state index in [9.17, 15) is 4.79 Å². The Morgan fingerprint density at radius 3 is 2.67 bits per heavy atom. The monoisotopic (exact) mass is 246 g/mol. The van der Waals surface area contributed by atoms with E-state index in [0.29, 0.717) is 22.5 Å². The highest BCUT2D eigenvalue weighted by atomic mass is 16.1. The molecule has 0 N–H and O–H groups in total. The highest BCUT2D eigenvalue weighted by Gasteiger charge is 2.53. The normalized spacial score (nSPS) is 42.8. The Morgan fingerprint density at radius 2 is 1.89 bits per heavy atom. The van der Waals surface area contributed by atoms with Crippen molar-refractivity contribution in [1.29, 1.82) is 0 Å². The van der Waals surface area contributed by atoms with Crippen LogP contribution in [0.3, 0.4) is 0 Å². The van der Waals surface area contributed by atoms with Gasteiger partial charge in [-0.05, 0) is 60.8 Å². The van der Waals surface area contributed by atoms with Crippen molar-refractivity contribution in [2.24, 2.45) is 22.7 Å². The zero-order valence-electron chi connectivity index (χ0n) is 12.1. The Kier molecular flexibility index (Phi) is 2.73. The van der Waals surface area contributed by atoms with E-state index in [2.05, 4.69) is 20.8 Å². The predicted octanol–water partition coefficient (Wildman–Crippen LogP) is 4.52. The number of fused-ring (bicyclic) bond motifs is 3. The standard InChI is InChI=1S/C17H26O/c1-16(2)9-4-10-17(3)14-7-6-13(18)11-12(14)5-8-15(16)17/h11,14-15H,4-10H2,1-3H3/t14-,15-,17+/m0/s1. The van der Waals surface area contributed by atoms with Crippen LogP contribution in [0, 0.1) is 22.7 Å². The van der Waals surface area contributed by atoms with E-state index >= 15 is 0 Å². The second-order valence-electron chi connectivity index (χ2n) is 7.72. The Balaban J connectivity index is 1.98. The molecule has 100 valence electrons.